The van der Waals surface area contributed by atoms with Crippen LogP contribution in [0.4, 0.5) is 5.95 Å². The molecule has 2 aliphatic rings. The van der Waals surface area contributed by atoms with Crippen molar-refractivity contribution in [3.05, 3.63) is 60.4 Å². The number of hydrogen-bond donors (Lipinski definition) is 1. The zero-order chi connectivity index (χ0) is 21.8. The van der Waals surface area contributed by atoms with Gasteiger partial charge in [0.1, 0.15) is 11.4 Å². The van der Waals surface area contributed by atoms with E-state index in [2.05, 4.69) is 56.6 Å². The van der Waals surface area contributed by atoms with E-state index in [0.29, 0.717) is 25.7 Å². The van der Waals surface area contributed by atoms with Gasteiger partial charge in [-0.25, -0.2) is 9.97 Å². The quantitative estimate of drug-likeness (QED) is 0.637. The van der Waals surface area contributed by atoms with Gasteiger partial charge in [-0.1, -0.05) is 30.3 Å². The fraction of sp³-hybridized carbons (Fsp3) is 0.440. The Balaban J connectivity index is 1.29. The van der Waals surface area contributed by atoms with Crippen LogP contribution in [0.15, 0.2) is 54.9 Å². The molecule has 2 aromatic carbocycles. The van der Waals surface area contributed by atoms with Gasteiger partial charge in [0, 0.05) is 44.1 Å². The molecule has 5 rings (SSSR count). The second-order valence-corrected chi connectivity index (χ2v) is 8.65. The summed E-state index contributed by atoms with van der Waals surface area (Å²) < 4.78 is 18.3. The maximum absolute atomic E-state index is 6.59. The summed E-state index contributed by atoms with van der Waals surface area (Å²) in [5, 5.41) is 5.76. The lowest BCUT2D eigenvalue weighted by Crippen LogP contribution is -2.44. The Morgan fingerprint density at radius 1 is 1.16 bits per heavy atom. The highest BCUT2D eigenvalue weighted by molar-refractivity contribution is 5.87. The van der Waals surface area contributed by atoms with Crippen LogP contribution in [0.5, 0.6) is 5.75 Å². The van der Waals surface area contributed by atoms with E-state index in [9.17, 15) is 0 Å². The van der Waals surface area contributed by atoms with Gasteiger partial charge < -0.3 is 19.5 Å². The van der Waals surface area contributed by atoms with E-state index in [1.54, 1.807) is 19.5 Å². The minimum atomic E-state index is -0.280. The highest BCUT2D eigenvalue weighted by atomic mass is 16.6. The molecule has 0 amide bonds. The minimum Gasteiger partial charge on any atom is -0.496 e. The van der Waals surface area contributed by atoms with E-state index in [4.69, 9.17) is 14.2 Å². The molecule has 2 atom stereocenters. The van der Waals surface area contributed by atoms with Crippen molar-refractivity contribution >= 4 is 16.7 Å². The van der Waals surface area contributed by atoms with Crippen molar-refractivity contribution in [2.24, 2.45) is 0 Å². The van der Waals surface area contributed by atoms with Crippen LogP contribution in [0.1, 0.15) is 18.4 Å². The van der Waals surface area contributed by atoms with Crippen LogP contribution < -0.4 is 10.1 Å². The van der Waals surface area contributed by atoms with E-state index in [1.807, 2.05) is 6.07 Å². The number of rotatable bonds is 6. The Morgan fingerprint density at radius 2 is 2.03 bits per heavy atom. The number of nitrogens with zero attached hydrogens (tertiary/aromatic N) is 3. The Morgan fingerprint density at radius 3 is 2.91 bits per heavy atom. The molecule has 0 radical (unpaired) electrons. The molecule has 2 fully saturated rings. The number of methoxy groups -OCH3 is 1. The number of nitrogens with one attached hydrogen (secondary N) is 1. The third kappa shape index (κ3) is 4.55. The average molecular weight is 435 g/mol. The fourth-order valence-corrected chi connectivity index (χ4v) is 4.87. The SMILES string of the molecule is COc1ccc2ccccc2c1CN1CCOC[C@@]2(CC[C@@H](CNc3ncccn3)O2)C1. The summed E-state index contributed by atoms with van der Waals surface area (Å²) in [5.41, 5.74) is 0.943. The van der Waals surface area contributed by atoms with Crippen LogP contribution in [0, 0.1) is 0 Å². The van der Waals surface area contributed by atoms with E-state index in [0.717, 1.165) is 38.2 Å². The summed E-state index contributed by atoms with van der Waals surface area (Å²) in [5.74, 6) is 1.57. The molecule has 0 unspecified atom stereocenters. The smallest absolute Gasteiger partial charge is 0.222 e. The first-order chi connectivity index (χ1) is 15.7. The molecule has 2 aliphatic heterocycles. The number of anilines is 1. The number of benzene rings is 2. The van der Waals surface area contributed by atoms with Crippen LogP contribution in [-0.4, -0.2) is 66.5 Å². The first kappa shape index (κ1) is 21.1. The van der Waals surface area contributed by atoms with Crippen molar-refractivity contribution < 1.29 is 14.2 Å². The highest BCUT2D eigenvalue weighted by Gasteiger charge is 2.43. The predicted octanol–water partition coefficient (Wildman–Crippen LogP) is 3.50. The van der Waals surface area contributed by atoms with Gasteiger partial charge in [0.05, 0.1) is 26.4 Å². The van der Waals surface area contributed by atoms with Crippen LogP contribution in [-0.2, 0) is 16.0 Å². The Labute approximate surface area is 188 Å². The molecule has 0 bridgehead atoms. The van der Waals surface area contributed by atoms with Crippen LogP contribution in [0.25, 0.3) is 10.8 Å². The lowest BCUT2D eigenvalue weighted by Gasteiger charge is -2.32. The zero-order valence-electron chi connectivity index (χ0n) is 18.5. The highest BCUT2D eigenvalue weighted by Crippen LogP contribution is 2.35. The van der Waals surface area contributed by atoms with Crippen molar-refractivity contribution in [2.75, 3.05) is 45.3 Å². The first-order valence-electron chi connectivity index (χ1n) is 11.3. The average Bonchev–Trinajstić information content (AvgIpc) is 3.12. The summed E-state index contributed by atoms with van der Waals surface area (Å²) in [6.45, 7) is 4.56. The Bertz CT molecular complexity index is 1050. The van der Waals surface area contributed by atoms with Crippen LogP contribution in [0.2, 0.25) is 0 Å². The largest absolute Gasteiger partial charge is 0.496 e. The van der Waals surface area contributed by atoms with Crippen molar-refractivity contribution in [1.29, 1.82) is 0 Å². The lowest BCUT2D eigenvalue weighted by molar-refractivity contribution is -0.0826. The number of ether oxygens (including phenoxy) is 3. The summed E-state index contributed by atoms with van der Waals surface area (Å²) in [6.07, 6.45) is 5.58. The second-order valence-electron chi connectivity index (χ2n) is 8.65. The van der Waals surface area contributed by atoms with Crippen molar-refractivity contribution in [1.82, 2.24) is 14.9 Å². The fourth-order valence-electron chi connectivity index (χ4n) is 4.87. The van der Waals surface area contributed by atoms with Crippen LogP contribution >= 0.6 is 0 Å². The Hall–Kier alpha value is -2.74. The molecular formula is C25H30N4O3. The van der Waals surface area contributed by atoms with Gasteiger partial charge in [-0.3, -0.25) is 4.90 Å². The maximum Gasteiger partial charge on any atom is 0.222 e. The normalized spacial score (nSPS) is 24.0. The molecule has 0 aliphatic carbocycles. The van der Waals surface area contributed by atoms with Gasteiger partial charge >= 0.3 is 0 Å². The van der Waals surface area contributed by atoms with Crippen molar-refractivity contribution in [3.8, 4) is 5.75 Å². The maximum atomic E-state index is 6.59. The predicted molar refractivity (Wildman–Crippen MR) is 124 cm³/mol. The number of aromatic nitrogens is 2. The molecule has 7 heteroatoms. The van der Waals surface area contributed by atoms with E-state index >= 15 is 0 Å². The third-order valence-electron chi connectivity index (χ3n) is 6.42. The summed E-state index contributed by atoms with van der Waals surface area (Å²) in [4.78, 5) is 10.9. The molecule has 2 saturated heterocycles. The summed E-state index contributed by atoms with van der Waals surface area (Å²) in [6, 6.07) is 14.5. The van der Waals surface area contributed by atoms with Gasteiger partial charge in [-0.05, 0) is 35.7 Å². The molecule has 3 heterocycles. The van der Waals surface area contributed by atoms with Gasteiger partial charge in [0.15, 0.2) is 0 Å². The third-order valence-corrected chi connectivity index (χ3v) is 6.42. The minimum absolute atomic E-state index is 0.120. The molecular weight excluding hydrogens is 404 g/mol. The molecule has 1 N–H and O–H groups in total. The summed E-state index contributed by atoms with van der Waals surface area (Å²) >= 11 is 0. The molecule has 1 spiro atoms. The molecule has 3 aromatic rings. The monoisotopic (exact) mass is 434 g/mol. The first-order valence-corrected chi connectivity index (χ1v) is 11.3. The number of hydrogen-bond acceptors (Lipinski definition) is 7. The lowest BCUT2D eigenvalue weighted by atomic mass is 9.98. The van der Waals surface area contributed by atoms with E-state index in [1.165, 1.54) is 16.3 Å². The van der Waals surface area contributed by atoms with Gasteiger partial charge in [-0.15, -0.1) is 0 Å². The van der Waals surface area contributed by atoms with Gasteiger partial charge in [0.2, 0.25) is 5.95 Å². The van der Waals surface area contributed by atoms with Crippen molar-refractivity contribution in [3.63, 3.8) is 0 Å². The second kappa shape index (κ2) is 9.40. The Kier molecular flexibility index (Phi) is 6.21. The van der Waals surface area contributed by atoms with E-state index < -0.39 is 0 Å². The van der Waals surface area contributed by atoms with E-state index in [-0.39, 0.29) is 11.7 Å². The topological polar surface area (TPSA) is 68.7 Å². The molecule has 0 saturated carbocycles. The standard InChI is InChI=1S/C25H30N4O3/c1-30-23-8-7-19-5-2-3-6-21(19)22(23)16-29-13-14-31-18-25(17-29)10-9-20(32-25)15-28-24-26-11-4-12-27-24/h2-8,11-12,20H,9-10,13-18H2,1H3,(H,26,27,28)/t20-,25+/m0/s1. The molecule has 1 aromatic heterocycles. The zero-order valence-corrected chi connectivity index (χ0v) is 18.5. The van der Waals surface area contributed by atoms with Gasteiger partial charge in [-0.2, -0.15) is 0 Å². The summed E-state index contributed by atoms with van der Waals surface area (Å²) in [7, 11) is 1.74. The number of fused-ring (bicyclic) bond motifs is 1. The van der Waals surface area contributed by atoms with Crippen molar-refractivity contribution in [2.45, 2.75) is 31.1 Å². The van der Waals surface area contributed by atoms with Crippen LogP contribution in [0.3, 0.4) is 0 Å². The van der Waals surface area contributed by atoms with Gasteiger partial charge in [0.25, 0.3) is 0 Å². The molecule has 7 nitrogen and oxygen atoms in total. The molecule has 168 valence electrons. The molecule has 32 heavy (non-hydrogen) atoms.